The Morgan fingerprint density at radius 3 is 2.47 bits per heavy atom. The van der Waals surface area contributed by atoms with Gasteiger partial charge in [0.05, 0.1) is 7.11 Å². The molecular weight excluding hydrogens is 242 g/mol. The van der Waals surface area contributed by atoms with E-state index in [-0.39, 0.29) is 0 Å². The Balaban J connectivity index is 0.000000366. The molecule has 0 aliphatic rings. The van der Waals surface area contributed by atoms with Crippen LogP contribution in [0.25, 0.3) is 0 Å². The number of hydrogen-bond donors (Lipinski definition) is 0. The highest BCUT2D eigenvalue weighted by molar-refractivity contribution is 7.80. The zero-order valence-electron chi connectivity index (χ0n) is 10.4. The minimum Gasteiger partial charge on any atom is -0.726 e. The second-order valence-electron chi connectivity index (χ2n) is 3.55. The van der Waals surface area contributed by atoms with E-state index in [9.17, 15) is 13.0 Å². The Kier molecular flexibility index (Phi) is 7.69. The first kappa shape index (κ1) is 16.0. The van der Waals surface area contributed by atoms with Gasteiger partial charge in [-0.15, -0.1) is 0 Å². The van der Waals surface area contributed by atoms with Crippen LogP contribution in [0.5, 0.6) is 0 Å². The first-order valence-electron chi connectivity index (χ1n) is 5.36. The lowest BCUT2D eigenvalue weighted by Gasteiger charge is -1.98. The van der Waals surface area contributed by atoms with Gasteiger partial charge in [0.25, 0.3) is 0 Å². The highest BCUT2D eigenvalue weighted by Crippen LogP contribution is 1.91. The van der Waals surface area contributed by atoms with E-state index in [2.05, 4.69) is 47.1 Å². The van der Waals surface area contributed by atoms with Crippen molar-refractivity contribution in [3.05, 3.63) is 30.1 Å². The molecule has 0 radical (unpaired) electrons. The maximum atomic E-state index is 9.22. The summed E-state index contributed by atoms with van der Waals surface area (Å²) in [6.45, 7) is 5.50. The Labute approximate surface area is 103 Å². The standard InChI is InChI=1S/C10H16N.CH4O4S/c1-3-4-7-11-8-5-6-10(2)9-11;1-5-6(2,3)4/h5-6,8-9H,3-4,7H2,1-2H3;1H3,(H,2,3,4)/q+1;/p-1. The molecule has 0 saturated heterocycles. The molecule has 1 aromatic heterocycles. The highest BCUT2D eigenvalue weighted by atomic mass is 32.3. The summed E-state index contributed by atoms with van der Waals surface area (Å²) in [5, 5.41) is 0. The number of unbranched alkanes of at least 4 members (excludes halogenated alkanes) is 1. The summed E-state index contributed by atoms with van der Waals surface area (Å²) in [6, 6.07) is 4.23. The van der Waals surface area contributed by atoms with Gasteiger partial charge in [0.2, 0.25) is 10.4 Å². The molecule has 0 atom stereocenters. The van der Waals surface area contributed by atoms with Crippen molar-refractivity contribution in [1.29, 1.82) is 0 Å². The summed E-state index contributed by atoms with van der Waals surface area (Å²) < 4.78 is 33.3. The number of rotatable bonds is 4. The maximum absolute atomic E-state index is 9.22. The number of nitrogens with zero attached hydrogens (tertiary/aromatic N) is 1. The fraction of sp³-hybridized carbons (Fsp3) is 0.545. The summed E-state index contributed by atoms with van der Waals surface area (Å²) >= 11 is 0. The van der Waals surface area contributed by atoms with E-state index in [0.29, 0.717) is 0 Å². The molecule has 0 unspecified atom stereocenters. The van der Waals surface area contributed by atoms with Crippen LogP contribution >= 0.6 is 0 Å². The molecule has 0 fully saturated rings. The molecule has 1 heterocycles. The van der Waals surface area contributed by atoms with Crippen molar-refractivity contribution < 1.29 is 21.7 Å². The summed E-state index contributed by atoms with van der Waals surface area (Å²) in [6.07, 6.45) is 6.85. The van der Waals surface area contributed by atoms with Crippen LogP contribution < -0.4 is 4.57 Å². The van der Waals surface area contributed by atoms with Crippen LogP contribution in [0.4, 0.5) is 0 Å². The molecule has 0 aromatic carbocycles. The van der Waals surface area contributed by atoms with E-state index < -0.39 is 10.4 Å². The minimum absolute atomic E-state index is 0.808. The first-order chi connectivity index (χ1) is 7.89. The smallest absolute Gasteiger partial charge is 0.217 e. The van der Waals surface area contributed by atoms with Crippen molar-refractivity contribution in [2.24, 2.45) is 0 Å². The van der Waals surface area contributed by atoms with Gasteiger partial charge in [-0.3, -0.25) is 4.18 Å². The van der Waals surface area contributed by atoms with Crippen LogP contribution in [0.3, 0.4) is 0 Å². The van der Waals surface area contributed by atoms with Crippen LogP contribution in [0.15, 0.2) is 24.5 Å². The van der Waals surface area contributed by atoms with Gasteiger partial charge in [-0.25, -0.2) is 13.0 Å². The number of aromatic nitrogens is 1. The fourth-order valence-corrected chi connectivity index (χ4v) is 1.13. The zero-order chi connectivity index (χ0) is 13.3. The molecule has 1 aromatic rings. The molecule has 0 saturated carbocycles. The third-order valence-electron chi connectivity index (χ3n) is 1.98. The van der Waals surface area contributed by atoms with Gasteiger partial charge in [-0.1, -0.05) is 13.3 Å². The monoisotopic (exact) mass is 261 g/mol. The van der Waals surface area contributed by atoms with E-state index in [0.717, 1.165) is 13.7 Å². The van der Waals surface area contributed by atoms with Crippen molar-refractivity contribution in [3.8, 4) is 0 Å². The van der Waals surface area contributed by atoms with Crippen molar-refractivity contribution in [3.63, 3.8) is 0 Å². The Morgan fingerprint density at radius 2 is 2.06 bits per heavy atom. The van der Waals surface area contributed by atoms with Crippen LogP contribution in [0.2, 0.25) is 0 Å². The molecule has 0 aliphatic heterocycles. The summed E-state index contributed by atoms with van der Waals surface area (Å²) in [5.74, 6) is 0. The van der Waals surface area contributed by atoms with Gasteiger partial charge >= 0.3 is 0 Å². The van der Waals surface area contributed by atoms with Crippen molar-refractivity contribution in [2.75, 3.05) is 7.11 Å². The number of aryl methyl sites for hydroxylation is 2. The van der Waals surface area contributed by atoms with Crippen molar-refractivity contribution in [1.82, 2.24) is 0 Å². The van der Waals surface area contributed by atoms with E-state index in [4.69, 9.17) is 0 Å². The fourth-order valence-electron chi connectivity index (χ4n) is 1.13. The lowest BCUT2D eigenvalue weighted by molar-refractivity contribution is -0.697. The average Bonchev–Trinajstić information content (AvgIpc) is 2.26. The molecular formula is C11H19NO4S. The molecule has 0 amide bonds. The van der Waals surface area contributed by atoms with E-state index in [1.165, 1.54) is 18.4 Å². The SMILES string of the molecule is CCCC[n+]1cccc(C)c1.COS(=O)(=O)[O-]. The third kappa shape index (κ3) is 9.92. The van der Waals surface area contributed by atoms with Crippen LogP contribution in [-0.4, -0.2) is 20.1 Å². The molecule has 5 nitrogen and oxygen atoms in total. The van der Waals surface area contributed by atoms with Gasteiger partial charge < -0.3 is 4.55 Å². The van der Waals surface area contributed by atoms with Crippen LogP contribution in [0, 0.1) is 6.92 Å². The lowest BCUT2D eigenvalue weighted by atomic mass is 10.3. The van der Waals surface area contributed by atoms with Crippen LogP contribution in [0.1, 0.15) is 25.3 Å². The van der Waals surface area contributed by atoms with Gasteiger partial charge in [0.1, 0.15) is 6.54 Å². The van der Waals surface area contributed by atoms with Crippen molar-refractivity contribution in [2.45, 2.75) is 33.2 Å². The summed E-state index contributed by atoms with van der Waals surface area (Å²) in [5.41, 5.74) is 1.34. The normalized spacial score (nSPS) is 10.6. The highest BCUT2D eigenvalue weighted by Gasteiger charge is 1.97. The summed E-state index contributed by atoms with van der Waals surface area (Å²) in [7, 11) is -3.60. The van der Waals surface area contributed by atoms with Gasteiger partial charge in [0, 0.05) is 18.1 Å². The molecule has 98 valence electrons. The number of pyridine rings is 1. The molecule has 1 rings (SSSR count). The predicted octanol–water partition coefficient (Wildman–Crippen LogP) is 1.18. The first-order valence-corrected chi connectivity index (χ1v) is 6.69. The Hall–Kier alpha value is -0.980. The van der Waals surface area contributed by atoms with E-state index >= 15 is 0 Å². The minimum atomic E-state index is -4.41. The Bertz CT molecular complexity index is 417. The molecule has 0 spiro atoms. The van der Waals surface area contributed by atoms with Crippen LogP contribution in [-0.2, 0) is 21.1 Å². The average molecular weight is 261 g/mol. The molecule has 0 aliphatic carbocycles. The summed E-state index contributed by atoms with van der Waals surface area (Å²) in [4.78, 5) is 0. The molecule has 6 heteroatoms. The maximum Gasteiger partial charge on any atom is 0.217 e. The third-order valence-corrected chi connectivity index (χ3v) is 2.39. The molecule has 0 N–H and O–H groups in total. The topological polar surface area (TPSA) is 70.3 Å². The molecule has 17 heavy (non-hydrogen) atoms. The Morgan fingerprint density at radius 1 is 1.47 bits per heavy atom. The lowest BCUT2D eigenvalue weighted by Crippen LogP contribution is -2.32. The predicted molar refractivity (Wildman–Crippen MR) is 63.0 cm³/mol. The van der Waals surface area contributed by atoms with Gasteiger partial charge in [0.15, 0.2) is 12.4 Å². The molecule has 0 bridgehead atoms. The second-order valence-corrected chi connectivity index (χ2v) is 4.70. The zero-order valence-corrected chi connectivity index (χ0v) is 11.2. The van der Waals surface area contributed by atoms with Crippen molar-refractivity contribution >= 4 is 10.4 Å². The van der Waals surface area contributed by atoms with E-state index in [1.807, 2.05) is 0 Å². The van der Waals surface area contributed by atoms with Gasteiger partial charge in [-0.05, 0) is 13.0 Å². The van der Waals surface area contributed by atoms with Gasteiger partial charge in [-0.2, -0.15) is 0 Å². The quantitative estimate of drug-likeness (QED) is 0.463. The number of hydrogen-bond acceptors (Lipinski definition) is 4. The largest absolute Gasteiger partial charge is 0.726 e. The van der Waals surface area contributed by atoms with E-state index in [1.54, 1.807) is 0 Å². The second kappa shape index (κ2) is 8.16.